The van der Waals surface area contributed by atoms with Crippen LogP contribution in [0.25, 0.3) is 0 Å². The topological polar surface area (TPSA) is 23.5 Å². The normalized spacial score (nSPS) is 12.7. The van der Waals surface area contributed by atoms with E-state index in [0.29, 0.717) is 6.54 Å². The molecule has 0 bridgehead atoms. The van der Waals surface area contributed by atoms with Crippen LogP contribution in [0.5, 0.6) is 0 Å². The molecule has 1 atom stereocenters. The minimum absolute atomic E-state index is 0.296. The van der Waals surface area contributed by atoms with E-state index in [-0.39, 0.29) is 6.10 Å². The first-order valence-corrected chi connectivity index (χ1v) is 5.39. The number of hydrogen-bond donors (Lipinski definition) is 1. The van der Waals surface area contributed by atoms with Crippen molar-refractivity contribution in [3.8, 4) is 0 Å². The van der Waals surface area contributed by atoms with Crippen molar-refractivity contribution in [1.82, 2.24) is 0 Å². The molecular weight excluding hydrogens is 186 g/mol. The molecule has 0 aromatic heterocycles. The molecule has 0 saturated heterocycles. The van der Waals surface area contributed by atoms with Crippen LogP contribution in [0.1, 0.15) is 23.6 Å². The van der Waals surface area contributed by atoms with Crippen molar-refractivity contribution in [3.63, 3.8) is 0 Å². The molecule has 0 radical (unpaired) electrons. The molecule has 15 heavy (non-hydrogen) atoms. The lowest BCUT2D eigenvalue weighted by Crippen LogP contribution is -2.28. The lowest BCUT2D eigenvalue weighted by atomic mass is 10.0. The largest absolute Gasteiger partial charge is 0.392 e. The summed E-state index contributed by atoms with van der Waals surface area (Å²) in [6.07, 6.45) is -0.296. The average Bonchev–Trinajstić information content (AvgIpc) is 1.99. The van der Waals surface area contributed by atoms with E-state index in [1.807, 2.05) is 14.0 Å². The van der Waals surface area contributed by atoms with Gasteiger partial charge in [-0.15, -0.1) is 0 Å². The summed E-state index contributed by atoms with van der Waals surface area (Å²) < 4.78 is 0. The molecular formula is C13H21NO. The van der Waals surface area contributed by atoms with E-state index < -0.39 is 0 Å². The molecule has 0 aliphatic carbocycles. The highest BCUT2D eigenvalue weighted by Gasteiger charge is 2.10. The molecule has 2 nitrogen and oxygen atoms in total. The SMILES string of the molecule is Cc1cc(C)c(N(C)CC(C)O)c(C)c1. The second kappa shape index (κ2) is 4.67. The summed E-state index contributed by atoms with van der Waals surface area (Å²) in [7, 11) is 2.03. The standard InChI is InChI=1S/C13H21NO/c1-9-6-10(2)13(11(3)7-9)14(5)8-12(4)15/h6-7,12,15H,8H2,1-5H3. The van der Waals surface area contributed by atoms with Gasteiger partial charge in [0, 0.05) is 19.3 Å². The van der Waals surface area contributed by atoms with Gasteiger partial charge in [0.2, 0.25) is 0 Å². The summed E-state index contributed by atoms with van der Waals surface area (Å²) in [6, 6.07) is 4.36. The van der Waals surface area contributed by atoms with Crippen molar-refractivity contribution >= 4 is 5.69 Å². The molecule has 0 amide bonds. The summed E-state index contributed by atoms with van der Waals surface area (Å²) in [5.74, 6) is 0. The highest BCUT2D eigenvalue weighted by Crippen LogP contribution is 2.25. The Hall–Kier alpha value is -1.02. The van der Waals surface area contributed by atoms with E-state index in [1.54, 1.807) is 0 Å². The molecule has 1 N–H and O–H groups in total. The van der Waals surface area contributed by atoms with Crippen LogP contribution in [0.15, 0.2) is 12.1 Å². The predicted octanol–water partition coefficient (Wildman–Crippen LogP) is 2.43. The Balaban J connectivity index is 3.03. The molecule has 0 heterocycles. The van der Waals surface area contributed by atoms with Crippen LogP contribution in [0, 0.1) is 20.8 Å². The number of nitrogens with zero attached hydrogens (tertiary/aromatic N) is 1. The summed E-state index contributed by atoms with van der Waals surface area (Å²) in [5.41, 5.74) is 5.08. The maximum Gasteiger partial charge on any atom is 0.0686 e. The van der Waals surface area contributed by atoms with E-state index in [2.05, 4.69) is 37.8 Å². The number of aryl methyl sites for hydroxylation is 3. The van der Waals surface area contributed by atoms with Gasteiger partial charge in [0.1, 0.15) is 0 Å². The molecule has 0 saturated carbocycles. The lowest BCUT2D eigenvalue weighted by Gasteiger charge is -2.25. The molecule has 1 unspecified atom stereocenters. The Morgan fingerprint density at radius 3 is 2.07 bits per heavy atom. The van der Waals surface area contributed by atoms with Crippen molar-refractivity contribution < 1.29 is 5.11 Å². The van der Waals surface area contributed by atoms with Crippen molar-refractivity contribution in [3.05, 3.63) is 28.8 Å². The Labute approximate surface area is 92.5 Å². The van der Waals surface area contributed by atoms with Gasteiger partial charge in [-0.05, 0) is 38.8 Å². The number of benzene rings is 1. The van der Waals surface area contributed by atoms with Crippen molar-refractivity contribution in [2.24, 2.45) is 0 Å². The van der Waals surface area contributed by atoms with Crippen LogP contribution in [0.3, 0.4) is 0 Å². The second-order valence-corrected chi connectivity index (χ2v) is 4.48. The maximum absolute atomic E-state index is 9.38. The zero-order valence-electron chi connectivity index (χ0n) is 10.3. The Bertz CT molecular complexity index is 321. The first-order chi connectivity index (χ1) is 6.91. The molecule has 0 spiro atoms. The number of anilines is 1. The van der Waals surface area contributed by atoms with Crippen LogP contribution in [0.2, 0.25) is 0 Å². The molecule has 0 aliphatic rings. The Kier molecular flexibility index (Phi) is 3.75. The second-order valence-electron chi connectivity index (χ2n) is 4.48. The summed E-state index contributed by atoms with van der Waals surface area (Å²) in [5, 5.41) is 9.38. The summed E-state index contributed by atoms with van der Waals surface area (Å²) in [6.45, 7) is 8.83. The van der Waals surface area contributed by atoms with Crippen molar-refractivity contribution in [2.75, 3.05) is 18.5 Å². The molecule has 0 aliphatic heterocycles. The number of hydrogen-bond acceptors (Lipinski definition) is 2. The van der Waals surface area contributed by atoms with Crippen LogP contribution < -0.4 is 4.90 Å². The summed E-state index contributed by atoms with van der Waals surface area (Å²) in [4.78, 5) is 2.12. The zero-order valence-corrected chi connectivity index (χ0v) is 10.3. The fourth-order valence-electron chi connectivity index (χ4n) is 2.26. The van der Waals surface area contributed by atoms with Crippen LogP contribution in [-0.4, -0.2) is 24.8 Å². The van der Waals surface area contributed by atoms with Gasteiger partial charge in [-0.1, -0.05) is 17.7 Å². The number of likely N-dealkylation sites (N-methyl/N-ethyl adjacent to an activating group) is 1. The highest BCUT2D eigenvalue weighted by molar-refractivity contribution is 5.59. The highest BCUT2D eigenvalue weighted by atomic mass is 16.3. The van der Waals surface area contributed by atoms with Crippen LogP contribution in [-0.2, 0) is 0 Å². The first-order valence-electron chi connectivity index (χ1n) is 5.39. The molecule has 0 fully saturated rings. The number of aliphatic hydroxyl groups excluding tert-OH is 1. The molecule has 1 aromatic carbocycles. The van der Waals surface area contributed by atoms with Crippen molar-refractivity contribution in [1.29, 1.82) is 0 Å². The van der Waals surface area contributed by atoms with E-state index in [4.69, 9.17) is 0 Å². The van der Waals surface area contributed by atoms with Gasteiger partial charge in [-0.2, -0.15) is 0 Å². The average molecular weight is 207 g/mol. The molecule has 84 valence electrons. The van der Waals surface area contributed by atoms with Gasteiger partial charge in [0.15, 0.2) is 0 Å². The lowest BCUT2D eigenvalue weighted by molar-refractivity contribution is 0.201. The van der Waals surface area contributed by atoms with Gasteiger partial charge < -0.3 is 10.0 Å². The predicted molar refractivity (Wildman–Crippen MR) is 65.6 cm³/mol. The quantitative estimate of drug-likeness (QED) is 0.823. The maximum atomic E-state index is 9.38. The third-order valence-electron chi connectivity index (χ3n) is 2.56. The molecule has 2 heteroatoms. The van der Waals surface area contributed by atoms with Crippen LogP contribution >= 0.6 is 0 Å². The Morgan fingerprint density at radius 1 is 1.20 bits per heavy atom. The number of rotatable bonds is 3. The zero-order chi connectivity index (χ0) is 11.6. The van der Waals surface area contributed by atoms with Gasteiger partial charge in [0.05, 0.1) is 6.10 Å². The van der Waals surface area contributed by atoms with Gasteiger partial charge in [-0.25, -0.2) is 0 Å². The van der Waals surface area contributed by atoms with Crippen molar-refractivity contribution in [2.45, 2.75) is 33.8 Å². The Morgan fingerprint density at radius 2 is 1.67 bits per heavy atom. The summed E-state index contributed by atoms with van der Waals surface area (Å²) >= 11 is 0. The van der Waals surface area contributed by atoms with E-state index in [9.17, 15) is 5.11 Å². The van der Waals surface area contributed by atoms with Gasteiger partial charge >= 0.3 is 0 Å². The first kappa shape index (κ1) is 12.1. The molecule has 1 aromatic rings. The fraction of sp³-hybridized carbons (Fsp3) is 0.538. The van der Waals surface area contributed by atoms with Gasteiger partial charge in [0.25, 0.3) is 0 Å². The number of aliphatic hydroxyl groups is 1. The monoisotopic (exact) mass is 207 g/mol. The van der Waals surface area contributed by atoms with E-state index in [0.717, 1.165) is 0 Å². The third-order valence-corrected chi connectivity index (χ3v) is 2.56. The van der Waals surface area contributed by atoms with Gasteiger partial charge in [-0.3, -0.25) is 0 Å². The van der Waals surface area contributed by atoms with Crippen LogP contribution in [0.4, 0.5) is 5.69 Å². The minimum Gasteiger partial charge on any atom is -0.392 e. The van der Waals surface area contributed by atoms with E-state index >= 15 is 0 Å². The fourth-order valence-corrected chi connectivity index (χ4v) is 2.26. The van der Waals surface area contributed by atoms with E-state index in [1.165, 1.54) is 22.4 Å². The minimum atomic E-state index is -0.296. The smallest absolute Gasteiger partial charge is 0.0686 e. The molecule has 1 rings (SSSR count). The third kappa shape index (κ3) is 2.96.